The molecule has 156 valence electrons. The fraction of sp³-hybridized carbons (Fsp3) is 0.0435. The van der Waals surface area contributed by atoms with E-state index in [-0.39, 0.29) is 5.91 Å². The first kappa shape index (κ1) is 22.6. The normalized spacial score (nSPS) is 15.1. The van der Waals surface area contributed by atoms with Crippen LogP contribution in [0.2, 0.25) is 5.02 Å². The number of nitrogens with zero attached hydrogens (tertiary/aromatic N) is 1. The van der Waals surface area contributed by atoms with Crippen molar-refractivity contribution in [3.63, 3.8) is 0 Å². The topological polar surface area (TPSA) is 29.5 Å². The zero-order valence-electron chi connectivity index (χ0n) is 15.8. The van der Waals surface area contributed by atoms with Crippen LogP contribution < -0.4 is 9.64 Å². The molecule has 1 amide bonds. The molecule has 0 atom stereocenters. The average molecular weight is 596 g/mol. The fourth-order valence-corrected chi connectivity index (χ4v) is 5.13. The summed E-state index contributed by atoms with van der Waals surface area (Å²) in [5.41, 5.74) is 2.52. The number of hydrogen-bond acceptors (Lipinski definition) is 4. The summed E-state index contributed by atoms with van der Waals surface area (Å²) < 4.78 is 8.30. The van der Waals surface area contributed by atoms with Crippen molar-refractivity contribution in [1.82, 2.24) is 0 Å². The predicted molar refractivity (Wildman–Crippen MR) is 140 cm³/mol. The number of thiocarbonyl (C=S) groups is 1. The highest BCUT2D eigenvalue weighted by molar-refractivity contribution is 9.10. The van der Waals surface area contributed by atoms with Crippen molar-refractivity contribution >= 4 is 89.4 Å². The zero-order chi connectivity index (χ0) is 22.0. The molecule has 1 saturated heterocycles. The van der Waals surface area contributed by atoms with E-state index in [9.17, 15) is 4.79 Å². The van der Waals surface area contributed by atoms with Crippen molar-refractivity contribution in [1.29, 1.82) is 0 Å². The molecule has 0 spiro atoms. The third-order valence-corrected chi connectivity index (χ3v) is 6.97. The van der Waals surface area contributed by atoms with Gasteiger partial charge in [-0.1, -0.05) is 85.6 Å². The highest BCUT2D eigenvalue weighted by atomic mass is 79.9. The summed E-state index contributed by atoms with van der Waals surface area (Å²) in [6.07, 6.45) is 1.82. The van der Waals surface area contributed by atoms with E-state index in [2.05, 4.69) is 31.9 Å². The van der Waals surface area contributed by atoms with Crippen LogP contribution in [0.3, 0.4) is 0 Å². The van der Waals surface area contributed by atoms with Gasteiger partial charge >= 0.3 is 0 Å². The van der Waals surface area contributed by atoms with Gasteiger partial charge in [0.25, 0.3) is 5.91 Å². The van der Waals surface area contributed by atoms with E-state index in [4.69, 9.17) is 28.6 Å². The number of rotatable bonds is 5. The van der Waals surface area contributed by atoms with E-state index in [1.54, 1.807) is 4.90 Å². The Morgan fingerprint density at radius 2 is 1.77 bits per heavy atom. The number of carbonyl (C=O) groups excluding carboxylic acids is 1. The van der Waals surface area contributed by atoms with E-state index < -0.39 is 0 Å². The number of amides is 1. The van der Waals surface area contributed by atoms with E-state index in [0.29, 0.717) is 26.6 Å². The van der Waals surface area contributed by atoms with Gasteiger partial charge in [0.2, 0.25) is 0 Å². The number of hydrogen-bond donors (Lipinski definition) is 0. The van der Waals surface area contributed by atoms with Crippen LogP contribution in [0.15, 0.2) is 80.6 Å². The molecule has 0 N–H and O–H groups in total. The Balaban J connectivity index is 1.60. The second kappa shape index (κ2) is 9.88. The molecule has 31 heavy (non-hydrogen) atoms. The molecule has 0 saturated carbocycles. The Morgan fingerprint density at radius 3 is 2.52 bits per heavy atom. The molecule has 0 radical (unpaired) electrons. The van der Waals surface area contributed by atoms with Crippen LogP contribution in [0.25, 0.3) is 6.08 Å². The first-order valence-electron chi connectivity index (χ1n) is 9.11. The summed E-state index contributed by atoms with van der Waals surface area (Å²) in [7, 11) is 0. The van der Waals surface area contributed by atoms with E-state index in [0.717, 1.165) is 25.8 Å². The summed E-state index contributed by atoms with van der Waals surface area (Å²) in [5, 5.41) is 0.681. The van der Waals surface area contributed by atoms with Crippen LogP contribution in [0.4, 0.5) is 5.69 Å². The minimum atomic E-state index is -0.156. The maximum atomic E-state index is 13.1. The molecule has 3 aromatic rings. The first-order chi connectivity index (χ1) is 14.9. The van der Waals surface area contributed by atoms with Crippen LogP contribution in [-0.2, 0) is 11.4 Å². The summed E-state index contributed by atoms with van der Waals surface area (Å²) in [6.45, 7) is 0.388. The Morgan fingerprint density at radius 1 is 1.03 bits per heavy atom. The molecule has 0 aliphatic carbocycles. The molecular formula is C23H14Br2ClNO2S2. The summed E-state index contributed by atoms with van der Waals surface area (Å²) in [4.78, 5) is 15.2. The monoisotopic (exact) mass is 593 g/mol. The third kappa shape index (κ3) is 5.41. The highest BCUT2D eigenvalue weighted by Gasteiger charge is 2.33. The second-order valence-corrected chi connectivity index (χ2v) is 10.5. The number of carbonyl (C=O) groups is 1. The lowest BCUT2D eigenvalue weighted by atomic mass is 10.1. The number of thioether (sulfide) groups is 1. The van der Waals surface area contributed by atoms with Crippen LogP contribution in [0.1, 0.15) is 11.1 Å². The van der Waals surface area contributed by atoms with Crippen molar-refractivity contribution in [3.05, 3.63) is 96.7 Å². The maximum Gasteiger partial charge on any atom is 0.270 e. The third-order valence-electron chi connectivity index (χ3n) is 4.43. The smallest absolute Gasteiger partial charge is 0.270 e. The molecular weight excluding hydrogens is 582 g/mol. The largest absolute Gasteiger partial charge is 0.488 e. The van der Waals surface area contributed by atoms with Gasteiger partial charge in [0.15, 0.2) is 4.32 Å². The van der Waals surface area contributed by atoms with Gasteiger partial charge in [0, 0.05) is 19.5 Å². The lowest BCUT2D eigenvalue weighted by Gasteiger charge is -2.14. The Hall–Kier alpha value is -1.64. The number of halogens is 3. The highest BCUT2D eigenvalue weighted by Crippen LogP contribution is 2.38. The number of ether oxygens (including phenoxy) is 1. The lowest BCUT2D eigenvalue weighted by molar-refractivity contribution is -0.113. The Kier molecular flexibility index (Phi) is 7.19. The van der Waals surface area contributed by atoms with Gasteiger partial charge in [-0.2, -0.15) is 0 Å². The fourth-order valence-electron chi connectivity index (χ4n) is 2.95. The minimum absolute atomic E-state index is 0.156. The molecule has 3 aromatic carbocycles. The number of benzene rings is 3. The van der Waals surface area contributed by atoms with E-state index >= 15 is 0 Å². The molecule has 1 aliphatic rings. The van der Waals surface area contributed by atoms with Gasteiger partial charge in [-0.05, 0) is 60.2 Å². The predicted octanol–water partition coefficient (Wildman–Crippen LogP) is 7.85. The molecule has 4 rings (SSSR count). The Labute approximate surface area is 211 Å². The van der Waals surface area contributed by atoms with Gasteiger partial charge < -0.3 is 4.74 Å². The Bertz CT molecular complexity index is 1200. The van der Waals surface area contributed by atoms with E-state index in [1.165, 1.54) is 11.8 Å². The quantitative estimate of drug-likeness (QED) is 0.222. The van der Waals surface area contributed by atoms with Gasteiger partial charge in [-0.15, -0.1) is 0 Å². The van der Waals surface area contributed by atoms with Gasteiger partial charge in [-0.3, -0.25) is 9.69 Å². The average Bonchev–Trinajstić information content (AvgIpc) is 3.01. The summed E-state index contributed by atoms with van der Waals surface area (Å²) >= 11 is 19.7. The lowest BCUT2D eigenvalue weighted by Crippen LogP contribution is -2.27. The van der Waals surface area contributed by atoms with E-state index in [1.807, 2.05) is 72.8 Å². The molecule has 8 heteroatoms. The molecule has 3 nitrogen and oxygen atoms in total. The van der Waals surface area contributed by atoms with Crippen LogP contribution in [-0.4, -0.2) is 10.2 Å². The summed E-state index contributed by atoms with van der Waals surface area (Å²) in [5.74, 6) is 0.516. The first-order valence-corrected chi connectivity index (χ1v) is 12.3. The molecule has 1 heterocycles. The van der Waals surface area contributed by atoms with Crippen LogP contribution in [0.5, 0.6) is 5.75 Å². The van der Waals surface area contributed by atoms with Crippen molar-refractivity contribution in [2.75, 3.05) is 4.90 Å². The van der Waals surface area contributed by atoms with Crippen LogP contribution in [0, 0.1) is 0 Å². The minimum Gasteiger partial charge on any atom is -0.488 e. The van der Waals surface area contributed by atoms with Crippen LogP contribution >= 0.6 is 67.4 Å². The van der Waals surface area contributed by atoms with Gasteiger partial charge in [0.05, 0.1) is 10.6 Å². The molecule has 0 aromatic heterocycles. The zero-order valence-corrected chi connectivity index (χ0v) is 21.4. The SMILES string of the molecule is O=C1/C(=C\c2cc(Br)ccc2OCc2ccc(Cl)cc2)SC(=S)N1c1cccc(Br)c1. The standard InChI is InChI=1S/C23H14Br2ClNO2S2/c24-16-2-1-3-19(12-16)27-22(28)21(31-23(27)30)11-15-10-17(25)6-9-20(15)29-13-14-4-7-18(26)8-5-14/h1-12H,13H2/b21-11+. The number of anilines is 1. The molecule has 1 fully saturated rings. The van der Waals surface area contributed by atoms with Gasteiger partial charge in [0.1, 0.15) is 12.4 Å². The van der Waals surface area contributed by atoms with Crippen molar-refractivity contribution < 1.29 is 9.53 Å². The van der Waals surface area contributed by atoms with Crippen molar-refractivity contribution in [3.8, 4) is 5.75 Å². The molecule has 0 bridgehead atoms. The molecule has 1 aliphatic heterocycles. The van der Waals surface area contributed by atoms with Crippen molar-refractivity contribution in [2.45, 2.75) is 6.61 Å². The second-order valence-electron chi connectivity index (χ2n) is 6.59. The molecule has 0 unspecified atom stereocenters. The van der Waals surface area contributed by atoms with Gasteiger partial charge in [-0.25, -0.2) is 0 Å². The summed E-state index contributed by atoms with van der Waals surface area (Å²) in [6, 6.07) is 20.7. The van der Waals surface area contributed by atoms with Crippen molar-refractivity contribution in [2.24, 2.45) is 0 Å². The maximum absolute atomic E-state index is 13.1.